The smallest absolute Gasteiger partial charge is 0.133 e. The van der Waals surface area contributed by atoms with Gasteiger partial charge in [0.2, 0.25) is 0 Å². The Balaban J connectivity index is 2.45. The first kappa shape index (κ1) is 12.4. The van der Waals surface area contributed by atoms with Gasteiger partial charge in [-0.15, -0.1) is 0 Å². The molecule has 0 heterocycles. The number of hydrogen-bond acceptors (Lipinski definition) is 2. The number of halogens is 1. The molecule has 1 N–H and O–H groups in total. The van der Waals surface area contributed by atoms with E-state index in [9.17, 15) is 0 Å². The zero-order valence-electron chi connectivity index (χ0n) is 9.35. The van der Waals surface area contributed by atoms with Crippen LogP contribution in [-0.4, -0.2) is 13.7 Å². The number of rotatable bonds is 6. The van der Waals surface area contributed by atoms with Crippen molar-refractivity contribution in [3.8, 4) is 5.75 Å². The van der Waals surface area contributed by atoms with Crippen LogP contribution in [0, 0.1) is 0 Å². The van der Waals surface area contributed by atoms with E-state index in [1.54, 1.807) is 7.11 Å². The van der Waals surface area contributed by atoms with E-state index in [0.29, 0.717) is 0 Å². The highest BCUT2D eigenvalue weighted by Crippen LogP contribution is 2.27. The standard InChI is InChI=1S/C12H18BrNO/c1-3-4-5-8-14-10-6-7-12(15-2)11(13)9-10/h6-7,9,14H,3-5,8H2,1-2H3. The van der Waals surface area contributed by atoms with E-state index in [4.69, 9.17) is 4.74 Å². The van der Waals surface area contributed by atoms with E-state index in [0.717, 1.165) is 22.5 Å². The average molecular weight is 272 g/mol. The molecule has 0 aliphatic carbocycles. The molecule has 3 heteroatoms. The van der Waals surface area contributed by atoms with Gasteiger partial charge in [-0.2, -0.15) is 0 Å². The summed E-state index contributed by atoms with van der Waals surface area (Å²) in [5, 5.41) is 3.39. The molecule has 1 aromatic carbocycles. The third kappa shape index (κ3) is 4.12. The lowest BCUT2D eigenvalue weighted by Crippen LogP contribution is -2.01. The van der Waals surface area contributed by atoms with Crippen molar-refractivity contribution in [3.63, 3.8) is 0 Å². The van der Waals surface area contributed by atoms with E-state index in [1.807, 2.05) is 18.2 Å². The van der Waals surface area contributed by atoms with Crippen LogP contribution in [0.3, 0.4) is 0 Å². The van der Waals surface area contributed by atoms with Crippen molar-refractivity contribution in [2.75, 3.05) is 19.0 Å². The van der Waals surface area contributed by atoms with Crippen molar-refractivity contribution in [3.05, 3.63) is 22.7 Å². The Morgan fingerprint density at radius 2 is 2.13 bits per heavy atom. The van der Waals surface area contributed by atoms with Gasteiger partial charge in [0.25, 0.3) is 0 Å². The molecule has 0 saturated heterocycles. The molecule has 0 saturated carbocycles. The molecule has 0 amide bonds. The molecule has 0 unspecified atom stereocenters. The molecule has 0 aliphatic rings. The summed E-state index contributed by atoms with van der Waals surface area (Å²) in [7, 11) is 1.68. The van der Waals surface area contributed by atoms with Crippen LogP contribution >= 0.6 is 15.9 Å². The molecule has 1 aromatic rings. The first-order valence-electron chi connectivity index (χ1n) is 5.35. The second-order valence-electron chi connectivity index (χ2n) is 3.48. The summed E-state index contributed by atoms with van der Waals surface area (Å²) < 4.78 is 6.16. The SMILES string of the molecule is CCCCCNc1ccc(OC)c(Br)c1. The van der Waals surface area contributed by atoms with Gasteiger partial charge < -0.3 is 10.1 Å². The Morgan fingerprint density at radius 1 is 1.33 bits per heavy atom. The highest BCUT2D eigenvalue weighted by Gasteiger charge is 2.00. The van der Waals surface area contributed by atoms with Gasteiger partial charge in [0.05, 0.1) is 11.6 Å². The molecule has 0 radical (unpaired) electrons. The van der Waals surface area contributed by atoms with Gasteiger partial charge in [-0.25, -0.2) is 0 Å². The molecule has 0 spiro atoms. The molecule has 84 valence electrons. The summed E-state index contributed by atoms with van der Waals surface area (Å²) in [6, 6.07) is 6.05. The van der Waals surface area contributed by atoms with E-state index in [-0.39, 0.29) is 0 Å². The molecule has 0 fully saturated rings. The third-order valence-electron chi connectivity index (χ3n) is 2.26. The molecule has 2 nitrogen and oxygen atoms in total. The van der Waals surface area contributed by atoms with Crippen LogP contribution in [-0.2, 0) is 0 Å². The van der Waals surface area contributed by atoms with Crippen LogP contribution in [0.25, 0.3) is 0 Å². The Morgan fingerprint density at radius 3 is 2.73 bits per heavy atom. The minimum atomic E-state index is 0.870. The number of anilines is 1. The number of ether oxygens (including phenoxy) is 1. The van der Waals surface area contributed by atoms with E-state index < -0.39 is 0 Å². The second kappa shape index (κ2) is 6.72. The second-order valence-corrected chi connectivity index (χ2v) is 4.34. The van der Waals surface area contributed by atoms with Crippen molar-refractivity contribution in [2.45, 2.75) is 26.2 Å². The van der Waals surface area contributed by atoms with Crippen LogP contribution in [0.1, 0.15) is 26.2 Å². The number of hydrogen-bond donors (Lipinski definition) is 1. The fraction of sp³-hybridized carbons (Fsp3) is 0.500. The summed E-state index contributed by atoms with van der Waals surface area (Å²) in [6.07, 6.45) is 3.76. The van der Waals surface area contributed by atoms with Gasteiger partial charge in [-0.1, -0.05) is 19.8 Å². The topological polar surface area (TPSA) is 21.3 Å². The van der Waals surface area contributed by atoms with Crippen LogP contribution in [0.2, 0.25) is 0 Å². The van der Waals surface area contributed by atoms with E-state index in [2.05, 4.69) is 28.2 Å². The lowest BCUT2D eigenvalue weighted by atomic mass is 10.2. The Bertz CT molecular complexity index is 302. The summed E-state index contributed by atoms with van der Waals surface area (Å²) in [5.41, 5.74) is 1.14. The molecule has 0 aromatic heterocycles. The fourth-order valence-electron chi connectivity index (χ4n) is 1.38. The maximum absolute atomic E-state index is 5.17. The lowest BCUT2D eigenvalue weighted by Gasteiger charge is -2.08. The van der Waals surface area contributed by atoms with E-state index >= 15 is 0 Å². The predicted molar refractivity (Wildman–Crippen MR) is 68.7 cm³/mol. The number of benzene rings is 1. The van der Waals surface area contributed by atoms with Gasteiger partial charge in [-0.05, 0) is 40.5 Å². The van der Waals surface area contributed by atoms with Gasteiger partial charge in [0.15, 0.2) is 0 Å². The van der Waals surface area contributed by atoms with Crippen molar-refractivity contribution in [1.29, 1.82) is 0 Å². The number of nitrogens with one attached hydrogen (secondary N) is 1. The Hall–Kier alpha value is -0.700. The Labute approximate surface area is 100 Å². The minimum absolute atomic E-state index is 0.870. The first-order valence-corrected chi connectivity index (χ1v) is 6.14. The molecular weight excluding hydrogens is 254 g/mol. The molecular formula is C12H18BrNO. The summed E-state index contributed by atoms with van der Waals surface area (Å²) in [4.78, 5) is 0. The summed E-state index contributed by atoms with van der Waals surface area (Å²) in [5.74, 6) is 0.870. The van der Waals surface area contributed by atoms with Gasteiger partial charge >= 0.3 is 0 Å². The van der Waals surface area contributed by atoms with Crippen molar-refractivity contribution in [1.82, 2.24) is 0 Å². The highest BCUT2D eigenvalue weighted by atomic mass is 79.9. The zero-order valence-corrected chi connectivity index (χ0v) is 10.9. The van der Waals surface area contributed by atoms with Crippen LogP contribution in [0.5, 0.6) is 5.75 Å². The van der Waals surface area contributed by atoms with Gasteiger partial charge in [-0.3, -0.25) is 0 Å². The molecule has 1 rings (SSSR count). The van der Waals surface area contributed by atoms with Crippen molar-refractivity contribution in [2.24, 2.45) is 0 Å². The average Bonchev–Trinajstić information content (AvgIpc) is 2.25. The quantitative estimate of drug-likeness (QED) is 0.788. The normalized spacial score (nSPS) is 10.1. The van der Waals surface area contributed by atoms with Gasteiger partial charge in [0.1, 0.15) is 5.75 Å². The summed E-state index contributed by atoms with van der Waals surface area (Å²) in [6.45, 7) is 3.25. The van der Waals surface area contributed by atoms with Crippen LogP contribution < -0.4 is 10.1 Å². The maximum Gasteiger partial charge on any atom is 0.133 e. The minimum Gasteiger partial charge on any atom is -0.496 e. The lowest BCUT2D eigenvalue weighted by molar-refractivity contribution is 0.412. The Kier molecular flexibility index (Phi) is 5.54. The van der Waals surface area contributed by atoms with Crippen LogP contribution in [0.4, 0.5) is 5.69 Å². The van der Waals surface area contributed by atoms with Crippen molar-refractivity contribution < 1.29 is 4.74 Å². The molecule has 15 heavy (non-hydrogen) atoms. The number of unbranched alkanes of at least 4 members (excludes halogenated alkanes) is 2. The van der Waals surface area contributed by atoms with Crippen LogP contribution in [0.15, 0.2) is 22.7 Å². The molecule has 0 atom stereocenters. The van der Waals surface area contributed by atoms with E-state index in [1.165, 1.54) is 19.3 Å². The first-order chi connectivity index (χ1) is 7.27. The van der Waals surface area contributed by atoms with Gasteiger partial charge in [0, 0.05) is 12.2 Å². The molecule has 0 aliphatic heterocycles. The maximum atomic E-state index is 5.17. The van der Waals surface area contributed by atoms with Crippen molar-refractivity contribution >= 4 is 21.6 Å². The fourth-order valence-corrected chi connectivity index (χ4v) is 1.92. The number of methoxy groups -OCH3 is 1. The predicted octanol–water partition coefficient (Wildman–Crippen LogP) is 4.06. The molecule has 0 bridgehead atoms. The third-order valence-corrected chi connectivity index (χ3v) is 2.88. The zero-order chi connectivity index (χ0) is 11.1. The highest BCUT2D eigenvalue weighted by molar-refractivity contribution is 9.10. The monoisotopic (exact) mass is 271 g/mol. The summed E-state index contributed by atoms with van der Waals surface area (Å²) >= 11 is 3.46. The largest absolute Gasteiger partial charge is 0.496 e.